The molecule has 1 spiro atoms. The molecule has 1 atom stereocenters. The number of ether oxygens (including phenoxy) is 1. The van der Waals surface area contributed by atoms with E-state index in [1.165, 1.54) is 0 Å². The van der Waals surface area contributed by atoms with Gasteiger partial charge in [-0.15, -0.1) is 0 Å². The Morgan fingerprint density at radius 2 is 1.94 bits per heavy atom. The molecule has 0 bridgehead atoms. The summed E-state index contributed by atoms with van der Waals surface area (Å²) in [4.78, 5) is 16.8. The third kappa shape index (κ3) is 5.00. The lowest BCUT2D eigenvalue weighted by Crippen LogP contribution is -2.43. The third-order valence-corrected chi connectivity index (χ3v) is 8.13. The van der Waals surface area contributed by atoms with Crippen molar-refractivity contribution in [3.05, 3.63) is 66.1 Å². The molecule has 3 aromatic rings. The van der Waals surface area contributed by atoms with Crippen LogP contribution in [0.5, 0.6) is 0 Å². The van der Waals surface area contributed by atoms with Crippen LogP contribution in [0.3, 0.4) is 0 Å². The number of nitrogens with zero attached hydrogens (tertiary/aromatic N) is 2. The first-order valence-corrected chi connectivity index (χ1v) is 13.1. The van der Waals surface area contributed by atoms with Gasteiger partial charge in [-0.1, -0.05) is 12.1 Å². The molecule has 3 N–H and O–H groups in total. The fraction of sp³-hybridized carbons (Fsp3) is 0.417. The van der Waals surface area contributed by atoms with Gasteiger partial charge < -0.3 is 19.8 Å². The van der Waals surface area contributed by atoms with Gasteiger partial charge in [0.15, 0.2) is 0 Å². The Balaban J connectivity index is 1.13. The second-order valence-corrected chi connectivity index (χ2v) is 10.8. The molecule has 0 radical (unpaired) electrons. The predicted molar refractivity (Wildman–Crippen MR) is 127 cm³/mol. The molecule has 4 heterocycles. The number of nitrogens with one attached hydrogen (secondary N) is 3. The molecule has 5 rings (SSSR count). The highest BCUT2D eigenvalue weighted by molar-refractivity contribution is 7.89. The van der Waals surface area contributed by atoms with Crippen molar-refractivity contribution in [2.75, 3.05) is 19.6 Å². The number of sulfonamides is 1. The molecule has 2 aliphatic rings. The maximum atomic E-state index is 12.8. The molecule has 34 heavy (non-hydrogen) atoms. The lowest BCUT2D eigenvalue weighted by molar-refractivity contribution is -0.0567. The van der Waals surface area contributed by atoms with Crippen LogP contribution < -0.4 is 15.4 Å². The summed E-state index contributed by atoms with van der Waals surface area (Å²) in [5, 5.41) is 6.21. The van der Waals surface area contributed by atoms with Crippen molar-refractivity contribution in [3.63, 3.8) is 0 Å². The van der Waals surface area contributed by atoms with Gasteiger partial charge in [-0.3, -0.25) is 4.79 Å². The number of rotatable bonds is 7. The Morgan fingerprint density at radius 3 is 2.74 bits per heavy atom. The molecule has 2 fully saturated rings. The van der Waals surface area contributed by atoms with Gasteiger partial charge in [0, 0.05) is 31.7 Å². The van der Waals surface area contributed by atoms with Crippen molar-refractivity contribution in [1.29, 1.82) is 0 Å². The average Bonchev–Trinajstić information content (AvgIpc) is 3.48. The number of piperidine rings is 1. The van der Waals surface area contributed by atoms with E-state index in [1.54, 1.807) is 59.4 Å². The minimum atomic E-state index is -3.63. The number of amides is 1. The molecule has 1 unspecified atom stereocenters. The van der Waals surface area contributed by atoms with Gasteiger partial charge in [0.2, 0.25) is 10.0 Å². The summed E-state index contributed by atoms with van der Waals surface area (Å²) in [6, 6.07) is 10.1. The summed E-state index contributed by atoms with van der Waals surface area (Å²) >= 11 is 0. The number of pyridine rings is 1. The van der Waals surface area contributed by atoms with E-state index in [4.69, 9.17) is 4.74 Å². The van der Waals surface area contributed by atoms with Gasteiger partial charge in [0.05, 0.1) is 22.2 Å². The number of aromatic nitrogens is 2. The first-order valence-electron chi connectivity index (χ1n) is 11.6. The zero-order valence-electron chi connectivity index (χ0n) is 18.9. The quantitative estimate of drug-likeness (QED) is 0.473. The molecule has 1 aromatic carbocycles. The average molecular weight is 484 g/mol. The predicted octanol–water partition coefficient (Wildman–Crippen LogP) is 1.84. The van der Waals surface area contributed by atoms with Gasteiger partial charge in [0.25, 0.3) is 5.91 Å². The Bertz CT molecular complexity index is 1270. The lowest BCUT2D eigenvalue weighted by Gasteiger charge is -2.33. The minimum absolute atomic E-state index is 0.0854. The van der Waals surface area contributed by atoms with E-state index in [-0.39, 0.29) is 29.1 Å². The standard InChI is InChI=1S/C24H29N5O4S/c30-23(19-3-6-22-26-13-14-29(22)17-19)27-15-18-1-4-21(5-2-18)34(31,32)28-16-20-7-8-24(33-20)9-11-25-12-10-24/h1-6,13-14,17,20,25,28H,7-12,15-16H2,(H,27,30). The van der Waals surface area contributed by atoms with Crippen LogP contribution in [-0.2, 0) is 21.3 Å². The van der Waals surface area contributed by atoms with Crippen LogP contribution in [0.2, 0.25) is 0 Å². The molecule has 10 heteroatoms. The second-order valence-electron chi connectivity index (χ2n) is 9.00. The van der Waals surface area contributed by atoms with Crippen LogP contribution in [0.1, 0.15) is 41.6 Å². The molecule has 9 nitrogen and oxygen atoms in total. The lowest BCUT2D eigenvalue weighted by atomic mass is 9.89. The Labute approximate surface area is 199 Å². The zero-order valence-corrected chi connectivity index (χ0v) is 19.7. The van der Waals surface area contributed by atoms with E-state index < -0.39 is 10.0 Å². The number of imidazole rings is 1. The van der Waals surface area contributed by atoms with E-state index in [2.05, 4.69) is 20.3 Å². The largest absolute Gasteiger partial charge is 0.370 e. The number of carbonyl (C=O) groups excluding carboxylic acids is 1. The first kappa shape index (κ1) is 23.0. The monoisotopic (exact) mass is 483 g/mol. The van der Waals surface area contributed by atoms with Crippen molar-refractivity contribution in [3.8, 4) is 0 Å². The smallest absolute Gasteiger partial charge is 0.253 e. The van der Waals surface area contributed by atoms with Crippen molar-refractivity contribution < 1.29 is 17.9 Å². The van der Waals surface area contributed by atoms with E-state index >= 15 is 0 Å². The normalized spacial score (nSPS) is 20.1. The number of benzene rings is 1. The Hall–Kier alpha value is -2.79. The molecular formula is C24H29N5O4S. The molecule has 180 valence electrons. The first-order chi connectivity index (χ1) is 16.4. The van der Waals surface area contributed by atoms with Crippen molar-refractivity contribution in [2.45, 2.75) is 48.8 Å². The Kier molecular flexibility index (Phi) is 6.39. The van der Waals surface area contributed by atoms with Crippen molar-refractivity contribution >= 4 is 21.6 Å². The maximum absolute atomic E-state index is 12.8. The zero-order chi connectivity index (χ0) is 23.6. The topological polar surface area (TPSA) is 114 Å². The van der Waals surface area contributed by atoms with Gasteiger partial charge in [-0.25, -0.2) is 18.1 Å². The van der Waals surface area contributed by atoms with Crippen LogP contribution >= 0.6 is 0 Å². The van der Waals surface area contributed by atoms with E-state index in [1.807, 2.05) is 0 Å². The van der Waals surface area contributed by atoms with Gasteiger partial charge in [-0.05, 0) is 68.6 Å². The highest BCUT2D eigenvalue weighted by Gasteiger charge is 2.41. The molecule has 2 saturated heterocycles. The van der Waals surface area contributed by atoms with Crippen molar-refractivity contribution in [2.24, 2.45) is 0 Å². The summed E-state index contributed by atoms with van der Waals surface area (Å²) in [5.41, 5.74) is 2.02. The fourth-order valence-corrected chi connectivity index (χ4v) is 5.77. The number of hydrogen-bond donors (Lipinski definition) is 3. The van der Waals surface area contributed by atoms with E-state index in [9.17, 15) is 13.2 Å². The van der Waals surface area contributed by atoms with Crippen LogP contribution in [0.25, 0.3) is 5.65 Å². The van der Waals surface area contributed by atoms with Crippen molar-refractivity contribution in [1.82, 2.24) is 24.7 Å². The molecule has 0 saturated carbocycles. The summed E-state index contributed by atoms with van der Waals surface area (Å²) in [5.74, 6) is -0.211. The van der Waals surface area contributed by atoms with E-state index in [0.29, 0.717) is 12.1 Å². The summed E-state index contributed by atoms with van der Waals surface area (Å²) in [6.07, 6.45) is 8.89. The van der Waals surface area contributed by atoms with Gasteiger partial charge in [0.1, 0.15) is 5.65 Å². The number of fused-ring (bicyclic) bond motifs is 1. The van der Waals surface area contributed by atoms with Gasteiger partial charge in [-0.2, -0.15) is 0 Å². The van der Waals surface area contributed by atoms with Crippen LogP contribution in [0, 0.1) is 0 Å². The summed E-state index contributed by atoms with van der Waals surface area (Å²) in [7, 11) is -3.63. The number of carbonyl (C=O) groups is 1. The van der Waals surface area contributed by atoms with Crippen LogP contribution in [0.15, 0.2) is 59.9 Å². The number of hydrogen-bond acceptors (Lipinski definition) is 6. The molecular weight excluding hydrogens is 454 g/mol. The van der Waals surface area contributed by atoms with E-state index in [0.717, 1.165) is 50.0 Å². The van der Waals surface area contributed by atoms with Crippen LogP contribution in [0.4, 0.5) is 0 Å². The molecule has 0 aliphatic carbocycles. The summed E-state index contributed by atoms with van der Waals surface area (Å²) in [6.45, 7) is 2.47. The third-order valence-electron chi connectivity index (χ3n) is 6.69. The highest BCUT2D eigenvalue weighted by Crippen LogP contribution is 2.37. The van der Waals surface area contributed by atoms with Crippen LogP contribution in [-0.4, -0.2) is 55.0 Å². The second kappa shape index (κ2) is 9.46. The van der Waals surface area contributed by atoms with Gasteiger partial charge >= 0.3 is 0 Å². The summed E-state index contributed by atoms with van der Waals surface area (Å²) < 4.78 is 36.2. The minimum Gasteiger partial charge on any atom is -0.370 e. The maximum Gasteiger partial charge on any atom is 0.253 e. The SMILES string of the molecule is O=C(NCc1ccc(S(=O)(=O)NCC2CCC3(CCNCC3)O2)cc1)c1ccc2nccn2c1. The molecule has 2 aliphatic heterocycles. The Morgan fingerprint density at radius 1 is 1.15 bits per heavy atom. The highest BCUT2D eigenvalue weighted by atomic mass is 32.2. The molecule has 1 amide bonds. The fourth-order valence-electron chi connectivity index (χ4n) is 4.70. The molecule has 2 aromatic heterocycles.